The monoisotopic (exact) mass is 185 g/mol. The molecule has 0 aromatic heterocycles. The van der Waals surface area contributed by atoms with E-state index in [0.717, 1.165) is 18.4 Å². The summed E-state index contributed by atoms with van der Waals surface area (Å²) in [4.78, 5) is 2.58. The number of hydrogen-bond acceptors (Lipinski definition) is 2. The van der Waals surface area contributed by atoms with Crippen molar-refractivity contribution in [3.63, 3.8) is 0 Å². The smallest absolute Gasteiger partial charge is 0.0433 e. The van der Waals surface area contributed by atoms with Gasteiger partial charge in [-0.15, -0.1) is 0 Å². The molecular weight excluding hydrogens is 162 g/mol. The lowest BCUT2D eigenvalue weighted by Crippen LogP contribution is -2.39. The summed E-state index contributed by atoms with van der Waals surface area (Å²) >= 11 is 0. The van der Waals surface area contributed by atoms with Gasteiger partial charge in [0.05, 0.1) is 0 Å². The molecule has 0 spiro atoms. The second-order valence-electron chi connectivity index (χ2n) is 4.25. The Labute approximate surface area is 81.9 Å². The number of hydrogen-bond donors (Lipinski definition) is 1. The number of likely N-dealkylation sites (tertiary alicyclic amines) is 1. The molecule has 1 aliphatic rings. The van der Waals surface area contributed by atoms with Crippen molar-refractivity contribution in [1.82, 2.24) is 4.90 Å². The van der Waals surface area contributed by atoms with Gasteiger partial charge < -0.3 is 10.0 Å². The highest BCUT2D eigenvalue weighted by Crippen LogP contribution is 2.21. The maximum atomic E-state index is 8.83. The van der Waals surface area contributed by atoms with Gasteiger partial charge in [-0.2, -0.15) is 0 Å². The van der Waals surface area contributed by atoms with E-state index in [1.54, 1.807) is 0 Å². The van der Waals surface area contributed by atoms with Crippen LogP contribution in [0.5, 0.6) is 0 Å². The van der Waals surface area contributed by atoms with Crippen molar-refractivity contribution in [3.05, 3.63) is 0 Å². The van der Waals surface area contributed by atoms with E-state index in [2.05, 4.69) is 18.7 Å². The normalized spacial score (nSPS) is 23.3. The third-order valence-corrected chi connectivity index (χ3v) is 3.40. The molecule has 1 fully saturated rings. The number of nitrogens with zero attached hydrogens (tertiary/aromatic N) is 1. The summed E-state index contributed by atoms with van der Waals surface area (Å²) in [6, 6.07) is 0.745. The van der Waals surface area contributed by atoms with E-state index in [1.165, 1.54) is 32.4 Å². The molecule has 1 rings (SSSR count). The van der Waals surface area contributed by atoms with Gasteiger partial charge in [0.15, 0.2) is 0 Å². The van der Waals surface area contributed by atoms with Gasteiger partial charge in [0.2, 0.25) is 0 Å². The number of piperidine rings is 1. The average Bonchev–Trinajstić information content (AvgIpc) is 2.18. The Morgan fingerprint density at radius 2 is 2.00 bits per heavy atom. The van der Waals surface area contributed by atoms with Crippen LogP contribution >= 0.6 is 0 Å². The summed E-state index contributed by atoms with van der Waals surface area (Å²) in [6.07, 6.45) is 4.83. The molecule has 0 aromatic carbocycles. The van der Waals surface area contributed by atoms with E-state index in [0.29, 0.717) is 6.61 Å². The number of rotatable bonds is 4. The lowest BCUT2D eigenvalue weighted by Gasteiger charge is -2.35. The molecule has 13 heavy (non-hydrogen) atoms. The van der Waals surface area contributed by atoms with Crippen LogP contribution in [0, 0.1) is 5.92 Å². The van der Waals surface area contributed by atoms with E-state index in [4.69, 9.17) is 5.11 Å². The first-order valence-corrected chi connectivity index (χ1v) is 5.62. The standard InChI is InChI=1S/C11H23NO/c1-3-10(2)12-7-4-11(5-8-12)6-9-13/h10-11,13H,3-9H2,1-2H3. The van der Waals surface area contributed by atoms with Crippen molar-refractivity contribution in [2.45, 2.75) is 45.6 Å². The first-order valence-electron chi connectivity index (χ1n) is 5.62. The van der Waals surface area contributed by atoms with Crippen LogP contribution in [-0.2, 0) is 0 Å². The third-order valence-electron chi connectivity index (χ3n) is 3.40. The molecule has 0 saturated carbocycles. The fourth-order valence-corrected chi connectivity index (χ4v) is 2.12. The Hall–Kier alpha value is -0.0800. The van der Waals surface area contributed by atoms with Gasteiger partial charge in [-0.05, 0) is 51.6 Å². The molecule has 0 aromatic rings. The average molecular weight is 185 g/mol. The molecule has 2 nitrogen and oxygen atoms in total. The molecule has 1 unspecified atom stereocenters. The zero-order valence-electron chi connectivity index (χ0n) is 9.00. The summed E-state index contributed by atoms with van der Waals surface area (Å²) in [5, 5.41) is 8.83. The lowest BCUT2D eigenvalue weighted by molar-refractivity contribution is 0.123. The summed E-state index contributed by atoms with van der Waals surface area (Å²) < 4.78 is 0. The zero-order chi connectivity index (χ0) is 9.68. The fourth-order valence-electron chi connectivity index (χ4n) is 2.12. The van der Waals surface area contributed by atoms with Crippen LogP contribution in [0.3, 0.4) is 0 Å². The lowest BCUT2D eigenvalue weighted by atomic mass is 9.93. The third kappa shape index (κ3) is 3.28. The van der Waals surface area contributed by atoms with Crippen LogP contribution in [-0.4, -0.2) is 35.7 Å². The van der Waals surface area contributed by atoms with Gasteiger partial charge in [-0.3, -0.25) is 0 Å². The molecular formula is C11H23NO. The minimum absolute atomic E-state index is 0.369. The van der Waals surface area contributed by atoms with Crippen molar-refractivity contribution < 1.29 is 5.11 Å². The highest BCUT2D eigenvalue weighted by Gasteiger charge is 2.20. The van der Waals surface area contributed by atoms with Crippen molar-refractivity contribution in [2.75, 3.05) is 19.7 Å². The summed E-state index contributed by atoms with van der Waals surface area (Å²) in [5.74, 6) is 0.783. The fraction of sp³-hybridized carbons (Fsp3) is 1.00. The quantitative estimate of drug-likeness (QED) is 0.723. The minimum Gasteiger partial charge on any atom is -0.396 e. The zero-order valence-corrected chi connectivity index (χ0v) is 9.00. The van der Waals surface area contributed by atoms with E-state index < -0.39 is 0 Å². The molecule has 1 N–H and O–H groups in total. The SMILES string of the molecule is CCC(C)N1CCC(CCO)CC1. The molecule has 1 aliphatic heterocycles. The maximum Gasteiger partial charge on any atom is 0.0433 e. The second-order valence-corrected chi connectivity index (χ2v) is 4.25. The second kappa shape index (κ2) is 5.61. The maximum absolute atomic E-state index is 8.83. The van der Waals surface area contributed by atoms with E-state index >= 15 is 0 Å². The number of aliphatic hydroxyl groups is 1. The van der Waals surface area contributed by atoms with Gasteiger partial charge in [-0.1, -0.05) is 6.92 Å². The van der Waals surface area contributed by atoms with Crippen molar-refractivity contribution >= 4 is 0 Å². The van der Waals surface area contributed by atoms with Crippen LogP contribution in [0.15, 0.2) is 0 Å². The van der Waals surface area contributed by atoms with E-state index in [9.17, 15) is 0 Å². The molecule has 1 atom stereocenters. The van der Waals surface area contributed by atoms with Crippen LogP contribution < -0.4 is 0 Å². The Morgan fingerprint density at radius 1 is 1.38 bits per heavy atom. The molecule has 0 radical (unpaired) electrons. The van der Waals surface area contributed by atoms with Crippen LogP contribution in [0.1, 0.15) is 39.5 Å². The molecule has 78 valence electrons. The van der Waals surface area contributed by atoms with Gasteiger partial charge in [-0.25, -0.2) is 0 Å². The Bertz CT molecular complexity index is 130. The molecule has 0 amide bonds. The summed E-state index contributed by atoms with van der Waals surface area (Å²) in [5.41, 5.74) is 0. The van der Waals surface area contributed by atoms with Gasteiger partial charge in [0.1, 0.15) is 0 Å². The van der Waals surface area contributed by atoms with Gasteiger partial charge in [0, 0.05) is 12.6 Å². The predicted molar refractivity (Wildman–Crippen MR) is 55.8 cm³/mol. The molecule has 1 saturated heterocycles. The summed E-state index contributed by atoms with van der Waals surface area (Å²) in [7, 11) is 0. The first kappa shape index (κ1) is 11.0. The van der Waals surface area contributed by atoms with Gasteiger partial charge in [0.25, 0.3) is 0 Å². The minimum atomic E-state index is 0.369. The largest absolute Gasteiger partial charge is 0.396 e. The predicted octanol–water partition coefficient (Wildman–Crippen LogP) is 1.88. The molecule has 2 heteroatoms. The molecule has 1 heterocycles. The van der Waals surface area contributed by atoms with E-state index in [-0.39, 0.29) is 0 Å². The number of aliphatic hydroxyl groups excluding tert-OH is 1. The van der Waals surface area contributed by atoms with Crippen molar-refractivity contribution in [1.29, 1.82) is 0 Å². The molecule has 0 aliphatic carbocycles. The van der Waals surface area contributed by atoms with Crippen LogP contribution in [0.2, 0.25) is 0 Å². The van der Waals surface area contributed by atoms with Crippen molar-refractivity contribution in [2.24, 2.45) is 5.92 Å². The van der Waals surface area contributed by atoms with Crippen molar-refractivity contribution in [3.8, 4) is 0 Å². The van der Waals surface area contributed by atoms with Crippen LogP contribution in [0.25, 0.3) is 0 Å². The topological polar surface area (TPSA) is 23.5 Å². The van der Waals surface area contributed by atoms with Crippen LogP contribution in [0.4, 0.5) is 0 Å². The first-order chi connectivity index (χ1) is 6.27. The van der Waals surface area contributed by atoms with E-state index in [1.807, 2.05) is 0 Å². The Morgan fingerprint density at radius 3 is 2.46 bits per heavy atom. The highest BCUT2D eigenvalue weighted by molar-refractivity contribution is 4.75. The Kier molecular flexibility index (Phi) is 4.74. The molecule has 0 bridgehead atoms. The van der Waals surface area contributed by atoms with Gasteiger partial charge >= 0.3 is 0 Å². The Balaban J connectivity index is 2.22. The highest BCUT2D eigenvalue weighted by atomic mass is 16.3. The summed E-state index contributed by atoms with van der Waals surface area (Å²) in [6.45, 7) is 7.41.